The van der Waals surface area contributed by atoms with E-state index in [4.69, 9.17) is 5.73 Å². The lowest BCUT2D eigenvalue weighted by atomic mass is 10.6. The topological polar surface area (TPSA) is 41.6 Å². The first kappa shape index (κ1) is 8.36. The van der Waals surface area contributed by atoms with E-state index in [2.05, 4.69) is 17.2 Å². The summed E-state index contributed by atoms with van der Waals surface area (Å²) >= 11 is 4.55. The van der Waals surface area contributed by atoms with Crippen LogP contribution in [0, 0.1) is 0 Å². The number of hydrogen-bond donors (Lipinski definition) is 1. The Morgan fingerprint density at radius 1 is 1.56 bits per heavy atom. The molecule has 3 nitrogen and oxygen atoms in total. The van der Waals surface area contributed by atoms with Gasteiger partial charge in [-0.15, -0.1) is 0 Å². The van der Waals surface area contributed by atoms with Crippen molar-refractivity contribution in [2.45, 2.75) is 6.92 Å². The molecule has 0 fully saturated rings. The Balaban J connectivity index is 4.00. The summed E-state index contributed by atoms with van der Waals surface area (Å²) in [6, 6.07) is 0. The molecule has 0 saturated carbocycles. The molecule has 0 unspecified atom stereocenters. The van der Waals surface area contributed by atoms with Crippen LogP contribution < -0.4 is 5.73 Å². The lowest BCUT2D eigenvalue weighted by Crippen LogP contribution is -2.21. The van der Waals surface area contributed by atoms with Crippen LogP contribution in [-0.2, 0) is 0 Å². The molecule has 0 spiro atoms. The molecule has 0 rings (SSSR count). The van der Waals surface area contributed by atoms with Crippen LogP contribution in [0.1, 0.15) is 6.92 Å². The van der Waals surface area contributed by atoms with Gasteiger partial charge in [0.2, 0.25) is 0 Å². The molecule has 0 aromatic rings. The van der Waals surface area contributed by atoms with E-state index in [-0.39, 0.29) is 5.11 Å². The molecule has 0 atom stereocenters. The second-order valence-electron chi connectivity index (χ2n) is 1.89. The van der Waals surface area contributed by atoms with E-state index < -0.39 is 0 Å². The third-order valence-electron chi connectivity index (χ3n) is 0.919. The number of thiocarbonyl (C=S) groups is 1. The monoisotopic (exact) mass is 145 g/mol. The molecule has 0 heterocycles. The minimum atomic E-state index is 0.182. The van der Waals surface area contributed by atoms with Crippen LogP contribution in [-0.4, -0.2) is 29.9 Å². The van der Waals surface area contributed by atoms with Crippen molar-refractivity contribution in [1.82, 2.24) is 4.90 Å². The van der Waals surface area contributed by atoms with Crippen LogP contribution in [0.4, 0.5) is 0 Å². The Morgan fingerprint density at radius 3 is 2.11 bits per heavy atom. The second-order valence-corrected chi connectivity index (χ2v) is 2.31. The van der Waals surface area contributed by atoms with Crippen LogP contribution in [0.3, 0.4) is 0 Å². The maximum atomic E-state index is 5.15. The van der Waals surface area contributed by atoms with Gasteiger partial charge in [-0.1, -0.05) is 0 Å². The van der Waals surface area contributed by atoms with Crippen molar-refractivity contribution in [3.05, 3.63) is 0 Å². The smallest absolute Gasteiger partial charge is 0.191 e. The molecule has 52 valence electrons. The number of hydrogen-bond acceptors (Lipinski definition) is 1. The van der Waals surface area contributed by atoms with E-state index in [9.17, 15) is 0 Å². The quantitative estimate of drug-likeness (QED) is 0.301. The highest BCUT2D eigenvalue weighted by Crippen LogP contribution is 1.81. The zero-order valence-corrected chi connectivity index (χ0v) is 6.70. The Morgan fingerprint density at radius 2 is 2.00 bits per heavy atom. The summed E-state index contributed by atoms with van der Waals surface area (Å²) in [7, 11) is 3.77. The van der Waals surface area contributed by atoms with Gasteiger partial charge >= 0.3 is 0 Å². The van der Waals surface area contributed by atoms with Crippen LogP contribution >= 0.6 is 12.2 Å². The highest BCUT2D eigenvalue weighted by atomic mass is 32.1. The Labute approximate surface area is 60.6 Å². The molecule has 0 aliphatic heterocycles. The van der Waals surface area contributed by atoms with E-state index in [1.165, 1.54) is 0 Å². The molecular formula is C5H11N3S. The first-order chi connectivity index (χ1) is 4.04. The molecule has 0 aliphatic rings. The molecule has 0 saturated heterocycles. The molecule has 0 radical (unpaired) electrons. The molecule has 0 amide bonds. The largest absolute Gasteiger partial charge is 0.374 e. The van der Waals surface area contributed by atoms with Gasteiger partial charge in [0.15, 0.2) is 5.11 Å². The fraction of sp³-hybridized carbons (Fsp3) is 0.600. The highest BCUT2D eigenvalue weighted by molar-refractivity contribution is 7.80. The number of nitrogens with two attached hydrogens (primary N) is 1. The first-order valence-corrected chi connectivity index (χ1v) is 2.97. The SMILES string of the molecule is CC(=NC(N)=S)N(C)C. The fourth-order valence-electron chi connectivity index (χ4n) is 0.259. The van der Waals surface area contributed by atoms with Gasteiger partial charge in [-0.05, 0) is 19.1 Å². The van der Waals surface area contributed by atoms with Gasteiger partial charge in [-0.3, -0.25) is 0 Å². The van der Waals surface area contributed by atoms with E-state index in [1.54, 1.807) is 0 Å². The normalized spacial score (nSPS) is 11.2. The van der Waals surface area contributed by atoms with Crippen LogP contribution in [0.25, 0.3) is 0 Å². The first-order valence-electron chi connectivity index (χ1n) is 2.56. The molecule has 9 heavy (non-hydrogen) atoms. The minimum absolute atomic E-state index is 0.182. The zero-order valence-electron chi connectivity index (χ0n) is 5.88. The Hall–Kier alpha value is -0.640. The molecule has 0 bridgehead atoms. The van der Waals surface area contributed by atoms with Gasteiger partial charge < -0.3 is 10.6 Å². The lowest BCUT2D eigenvalue weighted by molar-refractivity contribution is 0.619. The van der Waals surface area contributed by atoms with Crippen molar-refractivity contribution in [2.75, 3.05) is 14.1 Å². The summed E-state index contributed by atoms with van der Waals surface area (Å²) in [5, 5.41) is 0.182. The van der Waals surface area contributed by atoms with Crippen molar-refractivity contribution in [2.24, 2.45) is 10.7 Å². The number of rotatable bonds is 0. The molecule has 4 heteroatoms. The van der Waals surface area contributed by atoms with E-state index in [0.29, 0.717) is 0 Å². The summed E-state index contributed by atoms with van der Waals surface area (Å²) < 4.78 is 0. The summed E-state index contributed by atoms with van der Waals surface area (Å²) in [6.07, 6.45) is 0. The minimum Gasteiger partial charge on any atom is -0.374 e. The predicted octanol–water partition coefficient (Wildman–Crippen LogP) is 0.210. The van der Waals surface area contributed by atoms with Gasteiger partial charge in [0, 0.05) is 14.1 Å². The van der Waals surface area contributed by atoms with Crippen LogP contribution in [0.5, 0.6) is 0 Å². The third kappa shape index (κ3) is 3.90. The highest BCUT2D eigenvalue weighted by Gasteiger charge is 1.91. The average Bonchev–Trinajstić information content (AvgIpc) is 1.63. The molecule has 0 aromatic heterocycles. The van der Waals surface area contributed by atoms with E-state index >= 15 is 0 Å². The molecular weight excluding hydrogens is 134 g/mol. The lowest BCUT2D eigenvalue weighted by Gasteiger charge is -2.09. The maximum Gasteiger partial charge on any atom is 0.191 e. The van der Waals surface area contributed by atoms with Crippen LogP contribution in [0.15, 0.2) is 4.99 Å². The Kier molecular flexibility index (Phi) is 3.16. The number of amidine groups is 1. The molecule has 0 aliphatic carbocycles. The van der Waals surface area contributed by atoms with Gasteiger partial charge in [-0.2, -0.15) is 0 Å². The summed E-state index contributed by atoms with van der Waals surface area (Å²) in [5.74, 6) is 0.822. The van der Waals surface area contributed by atoms with Crippen molar-refractivity contribution >= 4 is 23.2 Å². The zero-order chi connectivity index (χ0) is 7.44. The summed E-state index contributed by atoms with van der Waals surface area (Å²) in [4.78, 5) is 5.68. The number of nitrogens with zero attached hydrogens (tertiary/aromatic N) is 2. The predicted molar refractivity (Wildman–Crippen MR) is 43.6 cm³/mol. The van der Waals surface area contributed by atoms with Gasteiger partial charge in [-0.25, -0.2) is 4.99 Å². The van der Waals surface area contributed by atoms with E-state index in [0.717, 1.165) is 5.84 Å². The van der Waals surface area contributed by atoms with Gasteiger partial charge in [0.1, 0.15) is 5.84 Å². The third-order valence-corrected chi connectivity index (χ3v) is 1.01. The van der Waals surface area contributed by atoms with Crippen molar-refractivity contribution in [3.63, 3.8) is 0 Å². The van der Waals surface area contributed by atoms with Crippen LogP contribution in [0.2, 0.25) is 0 Å². The molecule has 0 aromatic carbocycles. The number of aliphatic imine (C=N–C) groups is 1. The Bertz CT molecular complexity index is 139. The fourth-order valence-corrected chi connectivity index (χ4v) is 0.392. The second kappa shape index (κ2) is 3.40. The molecule has 2 N–H and O–H groups in total. The standard InChI is InChI=1S/C5H11N3S/c1-4(8(2)3)7-5(6)9/h1-3H3,(H2,6,9). The summed E-state index contributed by atoms with van der Waals surface area (Å²) in [5.41, 5.74) is 5.15. The van der Waals surface area contributed by atoms with E-state index in [1.807, 2.05) is 25.9 Å². The van der Waals surface area contributed by atoms with Crippen molar-refractivity contribution in [1.29, 1.82) is 0 Å². The maximum absolute atomic E-state index is 5.15. The average molecular weight is 145 g/mol. The van der Waals surface area contributed by atoms with Crippen molar-refractivity contribution in [3.8, 4) is 0 Å². The van der Waals surface area contributed by atoms with Gasteiger partial charge in [0.25, 0.3) is 0 Å². The van der Waals surface area contributed by atoms with Gasteiger partial charge in [0.05, 0.1) is 0 Å². The summed E-state index contributed by atoms with van der Waals surface area (Å²) in [6.45, 7) is 1.85. The van der Waals surface area contributed by atoms with Crippen molar-refractivity contribution < 1.29 is 0 Å².